The molecule has 1 aromatic rings. The topological polar surface area (TPSA) is 47.9 Å². The second-order valence-electron chi connectivity index (χ2n) is 5.06. The lowest BCUT2D eigenvalue weighted by molar-refractivity contribution is -0.103. The summed E-state index contributed by atoms with van der Waals surface area (Å²) in [6, 6.07) is 5.56. The molecule has 0 radical (unpaired) electrons. The summed E-state index contributed by atoms with van der Waals surface area (Å²) in [7, 11) is 1.63. The van der Waals surface area contributed by atoms with Gasteiger partial charge in [-0.25, -0.2) is 0 Å². The number of ether oxygens (including phenoxy) is 3. The fraction of sp³-hybridized carbons (Fsp3) is 0.571. The molecule has 0 aliphatic carbocycles. The van der Waals surface area contributed by atoms with Crippen LogP contribution in [-0.2, 0) is 4.74 Å². The van der Waals surface area contributed by atoms with Gasteiger partial charge in [0.25, 0.3) is 0 Å². The molecule has 18 heavy (non-hydrogen) atoms. The van der Waals surface area contributed by atoms with E-state index in [0.717, 1.165) is 36.5 Å². The quantitative estimate of drug-likeness (QED) is 0.828. The van der Waals surface area contributed by atoms with Crippen molar-refractivity contribution in [2.24, 2.45) is 0 Å². The summed E-state index contributed by atoms with van der Waals surface area (Å²) in [5.41, 5.74) is 0.476. The maximum absolute atomic E-state index is 10.3. The number of fused-ring (bicyclic) bond motifs is 1. The number of aliphatic hydroxyl groups is 1. The van der Waals surface area contributed by atoms with E-state index in [4.69, 9.17) is 14.2 Å². The van der Waals surface area contributed by atoms with E-state index in [-0.39, 0.29) is 5.60 Å². The number of rotatable bonds is 1. The first-order valence-electron chi connectivity index (χ1n) is 6.35. The van der Waals surface area contributed by atoms with Crippen LogP contribution in [0.5, 0.6) is 11.5 Å². The van der Waals surface area contributed by atoms with Gasteiger partial charge in [-0.05, 0) is 25.0 Å². The van der Waals surface area contributed by atoms with Crippen LogP contribution in [0.2, 0.25) is 0 Å². The van der Waals surface area contributed by atoms with Crippen LogP contribution in [0.15, 0.2) is 18.2 Å². The molecule has 1 N–H and O–H groups in total. The molecule has 0 bridgehead atoms. The molecule has 0 saturated carbocycles. The van der Waals surface area contributed by atoms with Crippen LogP contribution in [0.1, 0.15) is 30.9 Å². The first-order chi connectivity index (χ1) is 8.72. The third-order valence-electron chi connectivity index (χ3n) is 3.76. The molecule has 98 valence electrons. The van der Waals surface area contributed by atoms with Gasteiger partial charge >= 0.3 is 0 Å². The summed E-state index contributed by atoms with van der Waals surface area (Å²) in [5.74, 6) is 1.47. The average molecular weight is 250 g/mol. The number of hydrogen-bond acceptors (Lipinski definition) is 4. The van der Waals surface area contributed by atoms with Crippen molar-refractivity contribution in [3.05, 3.63) is 23.8 Å². The van der Waals surface area contributed by atoms with Crippen molar-refractivity contribution >= 4 is 0 Å². The molecule has 4 heteroatoms. The van der Waals surface area contributed by atoms with Crippen molar-refractivity contribution in [1.29, 1.82) is 0 Å². The first-order valence-corrected chi connectivity index (χ1v) is 6.35. The molecular formula is C14H18O4. The van der Waals surface area contributed by atoms with Crippen molar-refractivity contribution in [3.8, 4) is 11.5 Å². The maximum Gasteiger partial charge on any atom is 0.135 e. The Morgan fingerprint density at radius 2 is 2.33 bits per heavy atom. The zero-order chi connectivity index (χ0) is 12.6. The Morgan fingerprint density at radius 3 is 3.06 bits per heavy atom. The van der Waals surface area contributed by atoms with Gasteiger partial charge in [-0.15, -0.1) is 0 Å². The SMILES string of the molecule is COc1ccc2c(c1)OC1(CCCOC1)C[C@@H]2O. The molecule has 1 saturated heterocycles. The zero-order valence-electron chi connectivity index (χ0n) is 10.5. The Bertz CT molecular complexity index is 437. The predicted octanol–water partition coefficient (Wildman–Crippen LogP) is 2.06. The van der Waals surface area contributed by atoms with Gasteiger partial charge in [-0.3, -0.25) is 0 Å². The van der Waals surface area contributed by atoms with Crippen LogP contribution in [0.3, 0.4) is 0 Å². The summed E-state index contributed by atoms with van der Waals surface area (Å²) in [5, 5.41) is 10.3. The maximum atomic E-state index is 10.3. The van der Waals surface area contributed by atoms with Crippen LogP contribution >= 0.6 is 0 Å². The highest BCUT2D eigenvalue weighted by Crippen LogP contribution is 2.44. The molecule has 0 aromatic heterocycles. The van der Waals surface area contributed by atoms with Crippen molar-refractivity contribution in [2.75, 3.05) is 20.3 Å². The Hall–Kier alpha value is -1.26. The molecule has 1 aromatic carbocycles. The van der Waals surface area contributed by atoms with E-state index in [1.807, 2.05) is 18.2 Å². The highest BCUT2D eigenvalue weighted by Gasteiger charge is 2.42. The van der Waals surface area contributed by atoms with E-state index in [9.17, 15) is 5.11 Å². The van der Waals surface area contributed by atoms with E-state index < -0.39 is 6.10 Å². The summed E-state index contributed by atoms with van der Waals surface area (Å²) in [6.45, 7) is 1.34. The van der Waals surface area contributed by atoms with E-state index in [1.165, 1.54) is 0 Å². The van der Waals surface area contributed by atoms with Crippen LogP contribution in [0.25, 0.3) is 0 Å². The molecular weight excluding hydrogens is 232 g/mol. The van der Waals surface area contributed by atoms with Crippen LogP contribution in [0.4, 0.5) is 0 Å². The first kappa shape index (κ1) is 11.8. The third kappa shape index (κ3) is 1.95. The van der Waals surface area contributed by atoms with Crippen LogP contribution in [0, 0.1) is 0 Å². The molecule has 1 unspecified atom stereocenters. The summed E-state index contributed by atoms with van der Waals surface area (Å²) in [4.78, 5) is 0. The number of aliphatic hydroxyl groups excluding tert-OH is 1. The Balaban J connectivity index is 1.94. The average Bonchev–Trinajstić information content (AvgIpc) is 2.38. The molecule has 1 spiro atoms. The molecule has 3 rings (SSSR count). The molecule has 4 nitrogen and oxygen atoms in total. The Labute approximate surface area is 106 Å². The number of methoxy groups -OCH3 is 1. The lowest BCUT2D eigenvalue weighted by Gasteiger charge is -2.42. The minimum Gasteiger partial charge on any atom is -0.497 e. The monoisotopic (exact) mass is 250 g/mol. The highest BCUT2D eigenvalue weighted by molar-refractivity contribution is 5.44. The molecule has 2 heterocycles. The van der Waals surface area contributed by atoms with Gasteiger partial charge in [0.1, 0.15) is 17.1 Å². The minimum atomic E-state index is -0.485. The lowest BCUT2D eigenvalue weighted by Crippen LogP contribution is -2.47. The lowest BCUT2D eigenvalue weighted by atomic mass is 9.85. The van der Waals surface area contributed by atoms with E-state index in [1.54, 1.807) is 7.11 Å². The van der Waals surface area contributed by atoms with Crippen molar-refractivity contribution in [1.82, 2.24) is 0 Å². The number of benzene rings is 1. The van der Waals surface area contributed by atoms with Gasteiger partial charge in [0.05, 0.1) is 19.8 Å². The third-order valence-corrected chi connectivity index (χ3v) is 3.76. The van der Waals surface area contributed by atoms with Gasteiger partial charge < -0.3 is 19.3 Å². The summed E-state index contributed by atoms with van der Waals surface area (Å²) in [6.07, 6.45) is 2.03. The predicted molar refractivity (Wildman–Crippen MR) is 66.0 cm³/mol. The van der Waals surface area contributed by atoms with E-state index in [2.05, 4.69) is 0 Å². The summed E-state index contributed by atoms with van der Waals surface area (Å²) < 4.78 is 16.8. The zero-order valence-corrected chi connectivity index (χ0v) is 10.5. The molecule has 2 atom stereocenters. The smallest absolute Gasteiger partial charge is 0.135 e. The minimum absolute atomic E-state index is 0.364. The fourth-order valence-electron chi connectivity index (χ4n) is 2.81. The second-order valence-corrected chi connectivity index (χ2v) is 5.06. The van der Waals surface area contributed by atoms with Crippen molar-refractivity contribution in [2.45, 2.75) is 31.0 Å². The largest absolute Gasteiger partial charge is 0.497 e. The van der Waals surface area contributed by atoms with Gasteiger partial charge in [-0.2, -0.15) is 0 Å². The normalized spacial score (nSPS) is 30.7. The molecule has 0 amide bonds. The molecule has 2 aliphatic rings. The number of hydrogen-bond donors (Lipinski definition) is 1. The fourth-order valence-corrected chi connectivity index (χ4v) is 2.81. The molecule has 1 fully saturated rings. The van der Waals surface area contributed by atoms with Crippen molar-refractivity contribution in [3.63, 3.8) is 0 Å². The second kappa shape index (κ2) is 4.44. The van der Waals surface area contributed by atoms with Gasteiger partial charge in [0.2, 0.25) is 0 Å². The standard InChI is InChI=1S/C14H18O4/c1-16-10-3-4-11-12(15)8-14(18-13(11)7-10)5-2-6-17-9-14/h3-4,7,12,15H,2,5-6,8-9H2,1H3/t12-,14?/m0/s1. The van der Waals surface area contributed by atoms with Crippen molar-refractivity contribution < 1.29 is 19.3 Å². The Morgan fingerprint density at radius 1 is 1.44 bits per heavy atom. The highest BCUT2D eigenvalue weighted by atomic mass is 16.6. The Kier molecular flexibility index (Phi) is 2.92. The van der Waals surface area contributed by atoms with Gasteiger partial charge in [-0.1, -0.05) is 0 Å². The van der Waals surface area contributed by atoms with Crippen LogP contribution in [-0.4, -0.2) is 31.0 Å². The van der Waals surface area contributed by atoms with Gasteiger partial charge in [0.15, 0.2) is 0 Å². The molecule has 2 aliphatic heterocycles. The van der Waals surface area contributed by atoms with E-state index >= 15 is 0 Å². The van der Waals surface area contributed by atoms with E-state index in [0.29, 0.717) is 13.0 Å². The van der Waals surface area contributed by atoms with Crippen LogP contribution < -0.4 is 9.47 Å². The summed E-state index contributed by atoms with van der Waals surface area (Å²) >= 11 is 0. The van der Waals surface area contributed by atoms with Gasteiger partial charge in [0, 0.05) is 24.7 Å².